The number of nitrogens with zero attached hydrogens (tertiary/aromatic N) is 3. The van der Waals surface area contributed by atoms with Gasteiger partial charge in [0.1, 0.15) is 5.78 Å². The van der Waals surface area contributed by atoms with Crippen molar-refractivity contribution in [2.24, 2.45) is 11.7 Å². The van der Waals surface area contributed by atoms with Crippen LogP contribution in [0.15, 0.2) is 42.5 Å². The van der Waals surface area contributed by atoms with Crippen LogP contribution >= 0.6 is 0 Å². The lowest BCUT2D eigenvalue weighted by atomic mass is 9.81. The van der Waals surface area contributed by atoms with E-state index in [1.54, 1.807) is 6.92 Å². The second-order valence-electron chi connectivity index (χ2n) is 8.77. The maximum Gasteiger partial charge on any atom is 0.178 e. The average Bonchev–Trinajstić information content (AvgIpc) is 3.31. The summed E-state index contributed by atoms with van der Waals surface area (Å²) in [4.78, 5) is 12.3. The van der Waals surface area contributed by atoms with Crippen LogP contribution in [0.1, 0.15) is 61.5 Å². The van der Waals surface area contributed by atoms with Gasteiger partial charge in [0.15, 0.2) is 5.82 Å². The number of aromatic amines is 1. The Morgan fingerprint density at radius 1 is 1.16 bits per heavy atom. The number of H-pyrrole nitrogens is 1. The summed E-state index contributed by atoms with van der Waals surface area (Å²) in [6.07, 6.45) is 5.57. The number of aromatic nitrogens is 4. The summed E-state index contributed by atoms with van der Waals surface area (Å²) in [7, 11) is 0. The zero-order valence-electron chi connectivity index (χ0n) is 18.3. The van der Waals surface area contributed by atoms with Crippen molar-refractivity contribution in [1.29, 1.82) is 0 Å². The highest BCUT2D eigenvalue weighted by Crippen LogP contribution is 2.32. The first-order valence-corrected chi connectivity index (χ1v) is 11.3. The molecule has 0 saturated carbocycles. The molecule has 0 saturated heterocycles. The van der Waals surface area contributed by atoms with Gasteiger partial charge in [-0.15, -0.1) is 10.2 Å². The van der Waals surface area contributed by atoms with E-state index < -0.39 is 0 Å². The number of carbonyl (C=O) groups excluding carboxylic acids is 1. The van der Waals surface area contributed by atoms with E-state index in [2.05, 4.69) is 70.0 Å². The van der Waals surface area contributed by atoms with Crippen LogP contribution in [-0.2, 0) is 24.1 Å². The minimum atomic E-state index is -0.103. The number of rotatable bonds is 8. The van der Waals surface area contributed by atoms with E-state index in [9.17, 15) is 4.79 Å². The molecule has 1 unspecified atom stereocenters. The fourth-order valence-corrected chi connectivity index (χ4v) is 4.79. The molecular weight excluding hydrogens is 386 g/mol. The monoisotopic (exact) mass is 417 g/mol. The fraction of sp³-hybridized carbons (Fsp3) is 0.440. The van der Waals surface area contributed by atoms with Gasteiger partial charge in [-0.2, -0.15) is 5.21 Å². The minimum absolute atomic E-state index is 0.0741. The molecule has 0 bridgehead atoms. The molecule has 3 atom stereocenters. The Morgan fingerprint density at radius 3 is 2.61 bits per heavy atom. The number of nitrogens with two attached hydrogens (primary N) is 1. The van der Waals surface area contributed by atoms with Crippen LogP contribution in [0.4, 0.5) is 0 Å². The molecule has 1 heterocycles. The second-order valence-corrected chi connectivity index (χ2v) is 8.77. The Morgan fingerprint density at radius 2 is 1.94 bits per heavy atom. The molecule has 0 fully saturated rings. The molecule has 0 radical (unpaired) electrons. The Kier molecular flexibility index (Phi) is 6.56. The van der Waals surface area contributed by atoms with Gasteiger partial charge in [0.05, 0.1) is 0 Å². The van der Waals surface area contributed by atoms with Crippen molar-refractivity contribution in [2.45, 2.75) is 64.3 Å². The van der Waals surface area contributed by atoms with Gasteiger partial charge >= 0.3 is 0 Å². The lowest BCUT2D eigenvalue weighted by Crippen LogP contribution is -2.27. The lowest BCUT2D eigenvalue weighted by Gasteiger charge is -2.23. The molecule has 1 aliphatic carbocycles. The van der Waals surface area contributed by atoms with E-state index in [-0.39, 0.29) is 23.7 Å². The molecule has 4 rings (SSSR count). The van der Waals surface area contributed by atoms with E-state index in [0.717, 1.165) is 32.1 Å². The molecule has 1 aliphatic rings. The van der Waals surface area contributed by atoms with Crippen molar-refractivity contribution in [1.82, 2.24) is 20.6 Å². The third-order valence-electron chi connectivity index (χ3n) is 6.52. The summed E-state index contributed by atoms with van der Waals surface area (Å²) in [5, 5.41) is 14.7. The smallest absolute Gasteiger partial charge is 0.178 e. The molecule has 31 heavy (non-hydrogen) atoms. The second kappa shape index (κ2) is 9.52. The van der Waals surface area contributed by atoms with Crippen LogP contribution in [0.3, 0.4) is 0 Å². The van der Waals surface area contributed by atoms with Crippen LogP contribution in [0.25, 0.3) is 11.1 Å². The largest absolute Gasteiger partial charge is 0.327 e. The molecular formula is C25H31N5O. The Labute approximate surface area is 183 Å². The van der Waals surface area contributed by atoms with Gasteiger partial charge in [0.2, 0.25) is 0 Å². The van der Waals surface area contributed by atoms with E-state index in [0.29, 0.717) is 12.2 Å². The normalized spacial score (nSPS) is 17.7. The standard InChI is InChI=1S/C25H31N5O/c1-3-4-23(16(2)31)24(25-27-29-30-28-25)13-17-5-7-18(8-6-17)19-9-10-21-15-22(26)12-11-20(21)14-19/h5-10,14,22-24H,3-4,11-13,15,26H2,1-2H3,(H,27,28,29,30)/t22?,23-,24+/m1/s1. The van der Waals surface area contributed by atoms with Crippen LogP contribution in [0, 0.1) is 5.92 Å². The van der Waals surface area contributed by atoms with Gasteiger partial charge in [0, 0.05) is 17.9 Å². The molecule has 6 nitrogen and oxygen atoms in total. The molecule has 162 valence electrons. The van der Waals surface area contributed by atoms with Crippen LogP contribution in [0.5, 0.6) is 0 Å². The van der Waals surface area contributed by atoms with Gasteiger partial charge in [0.25, 0.3) is 0 Å². The highest BCUT2D eigenvalue weighted by atomic mass is 16.1. The number of benzene rings is 2. The molecule has 0 amide bonds. The maximum atomic E-state index is 12.3. The topological polar surface area (TPSA) is 97.5 Å². The first kappa shape index (κ1) is 21.4. The summed E-state index contributed by atoms with van der Waals surface area (Å²) >= 11 is 0. The van der Waals surface area contributed by atoms with Crippen LogP contribution in [-0.4, -0.2) is 32.4 Å². The Hall–Kier alpha value is -2.86. The van der Waals surface area contributed by atoms with Crippen molar-refractivity contribution in [3.05, 3.63) is 65.0 Å². The van der Waals surface area contributed by atoms with Gasteiger partial charge in [-0.25, -0.2) is 0 Å². The summed E-state index contributed by atoms with van der Waals surface area (Å²) in [6.45, 7) is 3.77. The third-order valence-corrected chi connectivity index (χ3v) is 6.52. The van der Waals surface area contributed by atoms with E-state index in [4.69, 9.17) is 5.73 Å². The number of tetrazole rings is 1. The molecule has 6 heteroatoms. The number of hydrogen-bond donors (Lipinski definition) is 2. The Bertz CT molecular complexity index is 1010. The Balaban J connectivity index is 1.55. The first-order valence-electron chi connectivity index (χ1n) is 11.3. The molecule has 3 aromatic rings. The quantitative estimate of drug-likeness (QED) is 0.577. The van der Waals surface area contributed by atoms with Gasteiger partial charge in [-0.1, -0.05) is 61.0 Å². The summed E-state index contributed by atoms with van der Waals surface area (Å²) in [5.74, 6) is 0.622. The molecule has 2 aromatic carbocycles. The molecule has 0 aliphatic heterocycles. The summed E-state index contributed by atoms with van der Waals surface area (Å²) in [6, 6.07) is 15.7. The number of hydrogen-bond acceptors (Lipinski definition) is 5. The van der Waals surface area contributed by atoms with Crippen molar-refractivity contribution >= 4 is 5.78 Å². The van der Waals surface area contributed by atoms with Crippen LogP contribution in [0.2, 0.25) is 0 Å². The summed E-state index contributed by atoms with van der Waals surface area (Å²) < 4.78 is 0. The van der Waals surface area contributed by atoms with Crippen molar-refractivity contribution < 1.29 is 4.79 Å². The van der Waals surface area contributed by atoms with E-state index in [1.807, 2.05) is 0 Å². The van der Waals surface area contributed by atoms with E-state index >= 15 is 0 Å². The average molecular weight is 418 g/mol. The predicted molar refractivity (Wildman–Crippen MR) is 122 cm³/mol. The molecule has 0 spiro atoms. The number of aryl methyl sites for hydroxylation is 1. The van der Waals surface area contributed by atoms with Gasteiger partial charge < -0.3 is 5.73 Å². The predicted octanol–water partition coefficient (Wildman–Crippen LogP) is 4.01. The number of fused-ring (bicyclic) bond motifs is 1. The lowest BCUT2D eigenvalue weighted by molar-refractivity contribution is -0.121. The van der Waals surface area contributed by atoms with Crippen molar-refractivity contribution in [3.8, 4) is 11.1 Å². The number of Topliss-reactive ketones (excluding diaryl/α,β-unsaturated/α-hetero) is 1. The van der Waals surface area contributed by atoms with E-state index in [1.165, 1.54) is 27.8 Å². The molecule has 1 aromatic heterocycles. The SMILES string of the molecule is CCC[C@H](C(C)=O)[C@H](Cc1ccc(-c2ccc3c(c2)CCC(N)C3)cc1)c1nn[nH]n1. The van der Waals surface area contributed by atoms with Gasteiger partial charge in [-0.3, -0.25) is 4.79 Å². The van der Waals surface area contributed by atoms with Crippen molar-refractivity contribution in [3.63, 3.8) is 0 Å². The highest BCUT2D eigenvalue weighted by Gasteiger charge is 2.29. The first-order chi connectivity index (χ1) is 15.0. The zero-order valence-corrected chi connectivity index (χ0v) is 18.3. The van der Waals surface area contributed by atoms with Crippen molar-refractivity contribution in [2.75, 3.05) is 0 Å². The van der Waals surface area contributed by atoms with Gasteiger partial charge in [-0.05, 0) is 66.8 Å². The third kappa shape index (κ3) is 4.90. The maximum absolute atomic E-state index is 12.3. The summed E-state index contributed by atoms with van der Waals surface area (Å²) in [5.41, 5.74) is 12.5. The zero-order chi connectivity index (χ0) is 21.8. The number of ketones is 1. The highest BCUT2D eigenvalue weighted by molar-refractivity contribution is 5.79. The fourth-order valence-electron chi connectivity index (χ4n) is 4.79. The number of carbonyl (C=O) groups is 1. The number of nitrogens with one attached hydrogen (secondary N) is 1. The van der Waals surface area contributed by atoms with Crippen LogP contribution < -0.4 is 5.73 Å². The minimum Gasteiger partial charge on any atom is -0.327 e. The molecule has 3 N–H and O–H groups in total.